The van der Waals surface area contributed by atoms with Crippen molar-refractivity contribution in [3.63, 3.8) is 0 Å². The number of nitrogens with zero attached hydrogens (tertiary/aromatic N) is 1. The first-order valence-electron chi connectivity index (χ1n) is 5.14. The van der Waals surface area contributed by atoms with Crippen LogP contribution in [0.5, 0.6) is 0 Å². The second-order valence-electron chi connectivity index (χ2n) is 3.76. The number of fused-ring (bicyclic) bond motifs is 1. The van der Waals surface area contributed by atoms with E-state index in [0.717, 1.165) is 30.9 Å². The minimum atomic E-state index is 0.753. The number of benzene rings is 2. The largest absolute Gasteiger partial charge is 0.399 e. The summed E-state index contributed by atoms with van der Waals surface area (Å²) in [7, 11) is 0. The molecule has 0 amide bonds. The van der Waals surface area contributed by atoms with Crippen molar-refractivity contribution >= 4 is 43.2 Å². The second kappa shape index (κ2) is 4.13. The van der Waals surface area contributed by atoms with Gasteiger partial charge in [-0.05, 0) is 30.3 Å². The first-order chi connectivity index (χ1) is 8.22. The molecule has 1 heterocycles. The molecule has 0 aliphatic carbocycles. The summed E-state index contributed by atoms with van der Waals surface area (Å²) in [5.41, 5.74) is 8.59. The van der Waals surface area contributed by atoms with Gasteiger partial charge in [-0.2, -0.15) is 0 Å². The molecule has 3 rings (SSSR count). The molecular formula is C13H9BrN2S. The SMILES string of the molecule is Nc1ccc2sc(-c3cccc(Br)c3)nc2c1. The van der Waals surface area contributed by atoms with Crippen LogP contribution in [0, 0.1) is 0 Å². The fourth-order valence-electron chi connectivity index (χ4n) is 1.69. The minimum absolute atomic E-state index is 0.753. The van der Waals surface area contributed by atoms with Crippen molar-refractivity contribution in [3.8, 4) is 10.6 Å². The first-order valence-corrected chi connectivity index (χ1v) is 6.75. The maximum absolute atomic E-state index is 5.75. The molecule has 84 valence electrons. The van der Waals surface area contributed by atoms with Gasteiger partial charge in [-0.15, -0.1) is 11.3 Å². The molecule has 0 radical (unpaired) electrons. The molecule has 4 heteroatoms. The molecule has 0 atom stereocenters. The van der Waals surface area contributed by atoms with Gasteiger partial charge in [-0.1, -0.05) is 28.1 Å². The predicted octanol–water partition coefficient (Wildman–Crippen LogP) is 4.31. The molecule has 2 N–H and O–H groups in total. The molecular weight excluding hydrogens is 296 g/mol. The average Bonchev–Trinajstić information content (AvgIpc) is 2.72. The van der Waals surface area contributed by atoms with E-state index in [0.29, 0.717) is 0 Å². The van der Waals surface area contributed by atoms with Gasteiger partial charge in [0.15, 0.2) is 0 Å². The van der Waals surface area contributed by atoms with E-state index in [1.165, 1.54) is 0 Å². The van der Waals surface area contributed by atoms with Crippen molar-refractivity contribution in [1.82, 2.24) is 4.98 Å². The van der Waals surface area contributed by atoms with Gasteiger partial charge in [0.05, 0.1) is 10.2 Å². The standard InChI is InChI=1S/C13H9BrN2S/c14-9-3-1-2-8(6-9)13-16-11-7-10(15)4-5-12(11)17-13/h1-7H,15H2. The van der Waals surface area contributed by atoms with Crippen LogP contribution in [-0.4, -0.2) is 4.98 Å². The molecule has 2 nitrogen and oxygen atoms in total. The van der Waals surface area contributed by atoms with E-state index in [1.54, 1.807) is 11.3 Å². The lowest BCUT2D eigenvalue weighted by Crippen LogP contribution is -1.82. The first kappa shape index (κ1) is 10.7. The minimum Gasteiger partial charge on any atom is -0.399 e. The maximum Gasteiger partial charge on any atom is 0.124 e. The summed E-state index contributed by atoms with van der Waals surface area (Å²) < 4.78 is 2.22. The van der Waals surface area contributed by atoms with Gasteiger partial charge in [-0.3, -0.25) is 0 Å². The molecule has 0 unspecified atom stereocenters. The number of nitrogens with two attached hydrogens (primary N) is 1. The van der Waals surface area contributed by atoms with E-state index < -0.39 is 0 Å². The van der Waals surface area contributed by atoms with E-state index in [2.05, 4.69) is 33.0 Å². The smallest absolute Gasteiger partial charge is 0.124 e. The van der Waals surface area contributed by atoms with Crippen molar-refractivity contribution in [2.75, 3.05) is 5.73 Å². The highest BCUT2D eigenvalue weighted by atomic mass is 79.9. The van der Waals surface area contributed by atoms with Crippen LogP contribution in [0.4, 0.5) is 5.69 Å². The van der Waals surface area contributed by atoms with Crippen LogP contribution in [0.25, 0.3) is 20.8 Å². The highest BCUT2D eigenvalue weighted by Crippen LogP contribution is 2.32. The third kappa shape index (κ3) is 2.06. The Morgan fingerprint density at radius 3 is 2.82 bits per heavy atom. The third-order valence-corrected chi connectivity index (χ3v) is 4.06. The summed E-state index contributed by atoms with van der Waals surface area (Å²) in [6.07, 6.45) is 0. The lowest BCUT2D eigenvalue weighted by atomic mass is 10.2. The Labute approximate surface area is 111 Å². The zero-order chi connectivity index (χ0) is 11.8. The summed E-state index contributed by atoms with van der Waals surface area (Å²) in [4.78, 5) is 4.60. The van der Waals surface area contributed by atoms with Gasteiger partial charge in [0, 0.05) is 15.7 Å². The Kier molecular flexibility index (Phi) is 2.61. The van der Waals surface area contributed by atoms with E-state index >= 15 is 0 Å². The van der Waals surface area contributed by atoms with E-state index in [9.17, 15) is 0 Å². The molecule has 0 spiro atoms. The van der Waals surface area contributed by atoms with E-state index in [1.807, 2.05) is 30.3 Å². The number of rotatable bonds is 1. The predicted molar refractivity (Wildman–Crippen MR) is 77.2 cm³/mol. The molecule has 0 aliphatic heterocycles. The van der Waals surface area contributed by atoms with E-state index in [4.69, 9.17) is 5.73 Å². The zero-order valence-electron chi connectivity index (χ0n) is 8.85. The van der Waals surface area contributed by atoms with Crippen LogP contribution < -0.4 is 5.73 Å². The second-order valence-corrected chi connectivity index (χ2v) is 5.70. The number of aromatic nitrogens is 1. The Bertz CT molecular complexity index is 691. The number of nitrogen functional groups attached to an aromatic ring is 1. The molecule has 17 heavy (non-hydrogen) atoms. The molecule has 0 fully saturated rings. The fourth-order valence-corrected chi connectivity index (χ4v) is 3.03. The molecule has 0 saturated heterocycles. The molecule has 3 aromatic rings. The van der Waals surface area contributed by atoms with Gasteiger partial charge in [-0.25, -0.2) is 4.98 Å². The van der Waals surface area contributed by atoms with Crippen molar-refractivity contribution < 1.29 is 0 Å². The number of thiazole rings is 1. The Balaban J connectivity index is 2.18. The van der Waals surface area contributed by atoms with Gasteiger partial charge in [0.25, 0.3) is 0 Å². The number of halogens is 1. The molecule has 0 aliphatic rings. The summed E-state index contributed by atoms with van der Waals surface area (Å²) in [6, 6.07) is 14.0. The van der Waals surface area contributed by atoms with Crippen molar-refractivity contribution in [2.45, 2.75) is 0 Å². The quantitative estimate of drug-likeness (QED) is 0.680. The third-order valence-electron chi connectivity index (χ3n) is 2.48. The van der Waals surface area contributed by atoms with Gasteiger partial charge < -0.3 is 5.73 Å². The number of hydrogen-bond acceptors (Lipinski definition) is 3. The lowest BCUT2D eigenvalue weighted by Gasteiger charge is -1.95. The summed E-state index contributed by atoms with van der Waals surface area (Å²) in [6.45, 7) is 0. The van der Waals surface area contributed by atoms with Crippen LogP contribution >= 0.6 is 27.3 Å². The molecule has 0 saturated carbocycles. The van der Waals surface area contributed by atoms with E-state index in [-0.39, 0.29) is 0 Å². The van der Waals surface area contributed by atoms with Crippen LogP contribution in [0.1, 0.15) is 0 Å². The average molecular weight is 305 g/mol. The van der Waals surface area contributed by atoms with Gasteiger partial charge in [0.1, 0.15) is 5.01 Å². The van der Waals surface area contributed by atoms with Crippen molar-refractivity contribution in [3.05, 3.63) is 46.9 Å². The summed E-state index contributed by atoms with van der Waals surface area (Å²) in [5.74, 6) is 0. The normalized spacial score (nSPS) is 10.9. The molecule has 2 aromatic carbocycles. The monoisotopic (exact) mass is 304 g/mol. The van der Waals surface area contributed by atoms with Crippen molar-refractivity contribution in [1.29, 1.82) is 0 Å². The highest BCUT2D eigenvalue weighted by Gasteiger charge is 2.06. The number of anilines is 1. The highest BCUT2D eigenvalue weighted by molar-refractivity contribution is 9.10. The topological polar surface area (TPSA) is 38.9 Å². The maximum atomic E-state index is 5.75. The number of hydrogen-bond donors (Lipinski definition) is 1. The Morgan fingerprint density at radius 1 is 1.12 bits per heavy atom. The molecule has 0 bridgehead atoms. The fraction of sp³-hybridized carbons (Fsp3) is 0. The van der Waals surface area contributed by atoms with Crippen LogP contribution in [-0.2, 0) is 0 Å². The summed E-state index contributed by atoms with van der Waals surface area (Å²) >= 11 is 5.15. The lowest BCUT2D eigenvalue weighted by molar-refractivity contribution is 1.47. The Morgan fingerprint density at radius 2 is 2.00 bits per heavy atom. The zero-order valence-corrected chi connectivity index (χ0v) is 11.3. The van der Waals surface area contributed by atoms with Gasteiger partial charge in [0.2, 0.25) is 0 Å². The molecule has 1 aromatic heterocycles. The summed E-state index contributed by atoms with van der Waals surface area (Å²) in [5, 5.41) is 1.02. The van der Waals surface area contributed by atoms with Crippen LogP contribution in [0.2, 0.25) is 0 Å². The van der Waals surface area contributed by atoms with Crippen LogP contribution in [0.3, 0.4) is 0 Å². The Hall–Kier alpha value is -1.39. The van der Waals surface area contributed by atoms with Crippen molar-refractivity contribution in [2.24, 2.45) is 0 Å². The van der Waals surface area contributed by atoms with Gasteiger partial charge >= 0.3 is 0 Å². The van der Waals surface area contributed by atoms with Crippen LogP contribution in [0.15, 0.2) is 46.9 Å².